The van der Waals surface area contributed by atoms with Gasteiger partial charge >= 0.3 is 0 Å². The molecule has 4 rings (SSSR count). The fourth-order valence-corrected chi connectivity index (χ4v) is 3.07. The topological polar surface area (TPSA) is 45.2 Å². The highest BCUT2D eigenvalue weighted by atomic mass is 19.2. The van der Waals surface area contributed by atoms with Crippen molar-refractivity contribution in [1.29, 1.82) is 0 Å². The Hall–Kier alpha value is -3.35. The molecule has 1 aliphatic heterocycles. The van der Waals surface area contributed by atoms with Crippen LogP contribution >= 0.6 is 0 Å². The van der Waals surface area contributed by atoms with Crippen LogP contribution in [0.5, 0.6) is 0 Å². The van der Waals surface area contributed by atoms with Crippen LogP contribution in [-0.4, -0.2) is 17.4 Å². The maximum absolute atomic E-state index is 13.7. The minimum atomic E-state index is -1.63. The molecule has 4 nitrogen and oxygen atoms in total. The fourth-order valence-electron chi connectivity index (χ4n) is 3.07. The quantitative estimate of drug-likeness (QED) is 0.694. The van der Waals surface area contributed by atoms with Gasteiger partial charge in [-0.05, 0) is 42.3 Å². The molecular weight excluding hydrogens is 355 g/mol. The lowest BCUT2D eigenvalue weighted by atomic mass is 10.2. The third-order valence-electron chi connectivity index (χ3n) is 4.46. The second kappa shape index (κ2) is 6.75. The first kappa shape index (κ1) is 17.1. The molecule has 1 aromatic heterocycles. The van der Waals surface area contributed by atoms with Crippen molar-refractivity contribution in [3.05, 3.63) is 83.3 Å². The number of amides is 1. The maximum Gasteiger partial charge on any atom is 0.257 e. The number of carbonyl (C=O) groups is 1. The Kier molecular flexibility index (Phi) is 4.27. The second-order valence-corrected chi connectivity index (χ2v) is 6.11. The smallest absolute Gasteiger partial charge is 0.257 e. The average Bonchev–Trinajstić information content (AvgIpc) is 3.12. The first-order valence-electron chi connectivity index (χ1n) is 8.31. The predicted octanol–water partition coefficient (Wildman–Crippen LogP) is 4.45. The molecule has 136 valence electrons. The molecule has 2 heterocycles. The molecule has 7 heteroatoms. The summed E-state index contributed by atoms with van der Waals surface area (Å²) in [5, 5.41) is 2.22. The molecule has 1 aliphatic rings. The number of benzene rings is 2. The van der Waals surface area contributed by atoms with E-state index in [0.29, 0.717) is 5.82 Å². The number of pyridine rings is 1. The van der Waals surface area contributed by atoms with Gasteiger partial charge in [-0.15, -0.1) is 0 Å². The summed E-state index contributed by atoms with van der Waals surface area (Å²) >= 11 is 0. The number of hydrogen-bond acceptors (Lipinski definition) is 3. The number of rotatable bonds is 3. The van der Waals surface area contributed by atoms with Crippen molar-refractivity contribution in [2.75, 3.05) is 16.8 Å². The van der Waals surface area contributed by atoms with Gasteiger partial charge in [-0.25, -0.2) is 18.2 Å². The third kappa shape index (κ3) is 3.12. The third-order valence-corrected chi connectivity index (χ3v) is 4.46. The summed E-state index contributed by atoms with van der Waals surface area (Å²) in [7, 11) is 0. The molecule has 3 aromatic rings. The standard InChI is InChI=1S/C20H14F3N3O/c21-14-6-7-15(19(23)18(14)22)25-20(27)13-5-8-17(24-11-13)26-10-9-12-3-1-2-4-16(12)26/h1-8,11H,9-10H2,(H,25,27). The van der Waals surface area contributed by atoms with Crippen LogP contribution in [-0.2, 0) is 6.42 Å². The molecule has 1 N–H and O–H groups in total. The number of halogens is 3. The van der Waals surface area contributed by atoms with E-state index in [1.54, 1.807) is 12.1 Å². The van der Waals surface area contributed by atoms with Gasteiger partial charge in [0.05, 0.1) is 11.3 Å². The number of nitrogens with one attached hydrogen (secondary N) is 1. The molecule has 27 heavy (non-hydrogen) atoms. The summed E-state index contributed by atoms with van der Waals surface area (Å²) in [6, 6.07) is 13.0. The Morgan fingerprint density at radius 3 is 2.59 bits per heavy atom. The summed E-state index contributed by atoms with van der Waals surface area (Å²) < 4.78 is 39.9. The number of para-hydroxylation sites is 1. The van der Waals surface area contributed by atoms with Crippen LogP contribution in [0.25, 0.3) is 0 Å². The van der Waals surface area contributed by atoms with Crippen molar-refractivity contribution in [1.82, 2.24) is 4.98 Å². The van der Waals surface area contributed by atoms with Crippen LogP contribution in [0.15, 0.2) is 54.7 Å². The second-order valence-electron chi connectivity index (χ2n) is 6.11. The largest absolute Gasteiger partial charge is 0.326 e. The van der Waals surface area contributed by atoms with Crippen LogP contribution in [0.3, 0.4) is 0 Å². The van der Waals surface area contributed by atoms with Crippen LogP contribution < -0.4 is 10.2 Å². The Bertz CT molecular complexity index is 1020. The molecule has 0 radical (unpaired) electrons. The van der Waals surface area contributed by atoms with E-state index >= 15 is 0 Å². The van der Waals surface area contributed by atoms with Gasteiger partial charge in [-0.1, -0.05) is 18.2 Å². The van der Waals surface area contributed by atoms with Gasteiger partial charge in [-0.3, -0.25) is 4.79 Å². The first-order chi connectivity index (χ1) is 13.0. The van der Waals surface area contributed by atoms with Gasteiger partial charge in [0.25, 0.3) is 5.91 Å². The van der Waals surface area contributed by atoms with Gasteiger partial charge in [0, 0.05) is 18.4 Å². The summed E-state index contributed by atoms with van der Waals surface area (Å²) in [5.41, 5.74) is 2.05. The normalized spacial score (nSPS) is 12.8. The summed E-state index contributed by atoms with van der Waals surface area (Å²) in [6.07, 6.45) is 2.28. The molecule has 0 saturated heterocycles. The van der Waals surface area contributed by atoms with Crippen molar-refractivity contribution >= 4 is 23.1 Å². The Morgan fingerprint density at radius 2 is 1.81 bits per heavy atom. The Morgan fingerprint density at radius 1 is 1.00 bits per heavy atom. The molecule has 0 unspecified atom stereocenters. The minimum absolute atomic E-state index is 0.176. The van der Waals surface area contributed by atoms with Crippen molar-refractivity contribution < 1.29 is 18.0 Å². The lowest BCUT2D eigenvalue weighted by molar-refractivity contribution is 0.102. The van der Waals surface area contributed by atoms with Crippen molar-refractivity contribution in [3.8, 4) is 0 Å². The molecule has 0 spiro atoms. The van der Waals surface area contributed by atoms with E-state index in [-0.39, 0.29) is 5.56 Å². The van der Waals surface area contributed by atoms with Crippen LogP contribution in [0, 0.1) is 17.5 Å². The number of aromatic nitrogens is 1. The van der Waals surface area contributed by atoms with E-state index in [1.165, 1.54) is 11.8 Å². The zero-order valence-corrected chi connectivity index (χ0v) is 14.0. The van der Waals surface area contributed by atoms with Crippen molar-refractivity contribution in [2.24, 2.45) is 0 Å². The maximum atomic E-state index is 13.7. The monoisotopic (exact) mass is 369 g/mol. The molecule has 0 aliphatic carbocycles. The highest BCUT2D eigenvalue weighted by molar-refractivity contribution is 6.04. The predicted molar refractivity (Wildman–Crippen MR) is 95.7 cm³/mol. The zero-order chi connectivity index (χ0) is 19.0. The van der Waals surface area contributed by atoms with Crippen molar-refractivity contribution in [2.45, 2.75) is 6.42 Å². The lowest BCUT2D eigenvalue weighted by Gasteiger charge is -2.18. The zero-order valence-electron chi connectivity index (χ0n) is 14.0. The summed E-state index contributed by atoms with van der Waals surface area (Å²) in [4.78, 5) is 18.6. The molecule has 0 bridgehead atoms. The van der Waals surface area contributed by atoms with Crippen LogP contribution in [0.2, 0.25) is 0 Å². The lowest BCUT2D eigenvalue weighted by Crippen LogP contribution is -2.17. The SMILES string of the molecule is O=C(Nc1ccc(F)c(F)c1F)c1ccc(N2CCc3ccccc32)nc1. The summed E-state index contributed by atoms with van der Waals surface area (Å²) in [5.74, 6) is -4.37. The van der Waals surface area contributed by atoms with E-state index in [2.05, 4.69) is 16.4 Å². The average molecular weight is 369 g/mol. The van der Waals surface area contributed by atoms with E-state index in [1.807, 2.05) is 23.1 Å². The van der Waals surface area contributed by atoms with Gasteiger partial charge in [0.1, 0.15) is 5.82 Å². The Labute approximate surface area is 153 Å². The van der Waals surface area contributed by atoms with Gasteiger partial charge < -0.3 is 10.2 Å². The van der Waals surface area contributed by atoms with E-state index in [4.69, 9.17) is 0 Å². The number of nitrogens with zero attached hydrogens (tertiary/aromatic N) is 2. The number of anilines is 3. The molecule has 0 saturated carbocycles. The van der Waals surface area contributed by atoms with Crippen LogP contribution in [0.4, 0.5) is 30.4 Å². The van der Waals surface area contributed by atoms with Crippen molar-refractivity contribution in [3.63, 3.8) is 0 Å². The van der Waals surface area contributed by atoms with Crippen LogP contribution in [0.1, 0.15) is 15.9 Å². The highest BCUT2D eigenvalue weighted by Crippen LogP contribution is 2.33. The number of carbonyl (C=O) groups excluding carboxylic acids is 1. The molecular formula is C20H14F3N3O. The van der Waals surface area contributed by atoms with E-state index in [0.717, 1.165) is 30.8 Å². The van der Waals surface area contributed by atoms with Gasteiger partial charge in [0.2, 0.25) is 0 Å². The molecule has 0 fully saturated rings. The Balaban J connectivity index is 1.53. The molecule has 2 aromatic carbocycles. The van der Waals surface area contributed by atoms with Gasteiger partial charge in [-0.2, -0.15) is 0 Å². The molecule has 1 amide bonds. The first-order valence-corrected chi connectivity index (χ1v) is 8.31. The van der Waals surface area contributed by atoms with E-state index < -0.39 is 29.0 Å². The molecule has 0 atom stereocenters. The minimum Gasteiger partial charge on any atom is -0.326 e. The highest BCUT2D eigenvalue weighted by Gasteiger charge is 2.21. The number of fused-ring (bicyclic) bond motifs is 1. The number of hydrogen-bond donors (Lipinski definition) is 1. The summed E-state index contributed by atoms with van der Waals surface area (Å²) in [6.45, 7) is 0.790. The van der Waals surface area contributed by atoms with Gasteiger partial charge in [0.15, 0.2) is 17.5 Å². The fraction of sp³-hybridized carbons (Fsp3) is 0.100. The van der Waals surface area contributed by atoms with E-state index in [9.17, 15) is 18.0 Å².